The highest BCUT2D eigenvalue weighted by atomic mass is 16.5. The van der Waals surface area contributed by atoms with Gasteiger partial charge >= 0.3 is 0 Å². The molecule has 3 rings (SSSR count). The molecule has 0 N–H and O–H groups in total. The topological polar surface area (TPSA) is 38.2 Å². The summed E-state index contributed by atoms with van der Waals surface area (Å²) < 4.78 is 5.40. The van der Waals surface area contributed by atoms with E-state index in [-0.39, 0.29) is 0 Å². The van der Waals surface area contributed by atoms with Crippen molar-refractivity contribution in [2.75, 3.05) is 24.6 Å². The predicted octanol–water partition coefficient (Wildman–Crippen LogP) is 1.79. The molecule has 17 heavy (non-hydrogen) atoms. The van der Waals surface area contributed by atoms with Crippen LogP contribution in [0.5, 0.6) is 0 Å². The van der Waals surface area contributed by atoms with Crippen molar-refractivity contribution in [2.24, 2.45) is 5.92 Å². The number of piperidine rings is 1. The molecule has 0 aliphatic carbocycles. The molecule has 4 nitrogen and oxygen atoms in total. The van der Waals surface area contributed by atoms with Crippen LogP contribution in [0.2, 0.25) is 0 Å². The van der Waals surface area contributed by atoms with Gasteiger partial charge in [0.1, 0.15) is 0 Å². The number of ether oxygens (including phenoxy) is 1. The highest BCUT2D eigenvalue weighted by Crippen LogP contribution is 2.22. The number of nitrogens with zero attached hydrogens (tertiary/aromatic N) is 3. The number of hydrogen-bond donors (Lipinski definition) is 0. The molecule has 0 saturated carbocycles. The van der Waals surface area contributed by atoms with Gasteiger partial charge in [0.05, 0.1) is 18.9 Å². The Kier molecular flexibility index (Phi) is 2.97. The van der Waals surface area contributed by atoms with E-state index in [1.165, 1.54) is 18.5 Å². The molecule has 3 heterocycles. The Morgan fingerprint density at radius 2 is 2.18 bits per heavy atom. The lowest BCUT2D eigenvalue weighted by Crippen LogP contribution is -2.34. The molecule has 92 valence electrons. The van der Waals surface area contributed by atoms with E-state index in [2.05, 4.69) is 16.8 Å². The van der Waals surface area contributed by atoms with Gasteiger partial charge in [-0.2, -0.15) is 0 Å². The fraction of sp³-hybridized carbons (Fsp3) is 0.692. The molecule has 0 atom stereocenters. The van der Waals surface area contributed by atoms with Crippen LogP contribution in [0, 0.1) is 5.92 Å². The lowest BCUT2D eigenvalue weighted by molar-refractivity contribution is 0.109. The standard InChI is InChI=1S/C13H19N3O/c1-10-2-5-16(6-3-10)13-14-8-11-9-17-7-4-12(11)15-13/h8,10H,2-7,9H2,1H3. The van der Waals surface area contributed by atoms with Crippen LogP contribution in [-0.2, 0) is 17.8 Å². The number of anilines is 1. The number of hydrogen-bond acceptors (Lipinski definition) is 4. The summed E-state index contributed by atoms with van der Waals surface area (Å²) in [5, 5.41) is 0. The highest BCUT2D eigenvalue weighted by Gasteiger charge is 2.20. The molecule has 0 unspecified atom stereocenters. The minimum atomic E-state index is 0.673. The average molecular weight is 233 g/mol. The van der Waals surface area contributed by atoms with Crippen LogP contribution in [0.15, 0.2) is 6.20 Å². The van der Waals surface area contributed by atoms with Crippen LogP contribution in [0.25, 0.3) is 0 Å². The Balaban J connectivity index is 1.79. The number of aromatic nitrogens is 2. The quantitative estimate of drug-likeness (QED) is 0.741. The van der Waals surface area contributed by atoms with Gasteiger partial charge in [-0.25, -0.2) is 9.97 Å². The average Bonchev–Trinajstić information content (AvgIpc) is 2.39. The van der Waals surface area contributed by atoms with E-state index in [0.717, 1.165) is 43.5 Å². The van der Waals surface area contributed by atoms with Crippen molar-refractivity contribution in [3.63, 3.8) is 0 Å². The normalized spacial score (nSPS) is 21.4. The fourth-order valence-electron chi connectivity index (χ4n) is 2.48. The van der Waals surface area contributed by atoms with Crippen molar-refractivity contribution in [3.05, 3.63) is 17.5 Å². The Morgan fingerprint density at radius 1 is 1.35 bits per heavy atom. The summed E-state index contributed by atoms with van der Waals surface area (Å²) in [6.45, 7) is 5.97. The molecule has 0 amide bonds. The summed E-state index contributed by atoms with van der Waals surface area (Å²) in [6, 6.07) is 0. The molecule has 1 fully saturated rings. The molecule has 0 bridgehead atoms. The summed E-state index contributed by atoms with van der Waals surface area (Å²) in [5.41, 5.74) is 2.34. The van der Waals surface area contributed by atoms with Gasteiger partial charge in [-0.3, -0.25) is 0 Å². The molecule has 1 aromatic heterocycles. The summed E-state index contributed by atoms with van der Waals surface area (Å²) in [5.74, 6) is 1.76. The maximum Gasteiger partial charge on any atom is 0.225 e. The van der Waals surface area contributed by atoms with Gasteiger partial charge in [-0.1, -0.05) is 6.92 Å². The minimum absolute atomic E-state index is 0.673. The van der Waals surface area contributed by atoms with Gasteiger partial charge in [-0.15, -0.1) is 0 Å². The van der Waals surface area contributed by atoms with E-state index in [1.807, 2.05) is 6.20 Å². The predicted molar refractivity (Wildman–Crippen MR) is 66.0 cm³/mol. The molecular formula is C13H19N3O. The van der Waals surface area contributed by atoms with Crippen LogP contribution in [0.4, 0.5) is 5.95 Å². The third kappa shape index (κ3) is 2.27. The maximum absolute atomic E-state index is 5.40. The van der Waals surface area contributed by atoms with E-state index in [9.17, 15) is 0 Å². The Labute approximate surface area is 102 Å². The third-order valence-electron chi connectivity index (χ3n) is 3.75. The van der Waals surface area contributed by atoms with Gasteiger partial charge in [0.15, 0.2) is 0 Å². The first-order valence-electron chi connectivity index (χ1n) is 6.50. The van der Waals surface area contributed by atoms with Crippen molar-refractivity contribution >= 4 is 5.95 Å². The summed E-state index contributed by atoms with van der Waals surface area (Å²) in [6.07, 6.45) is 5.37. The first kappa shape index (κ1) is 11.0. The fourth-order valence-corrected chi connectivity index (χ4v) is 2.48. The van der Waals surface area contributed by atoms with Crippen molar-refractivity contribution in [1.29, 1.82) is 0 Å². The van der Waals surface area contributed by atoms with Gasteiger partial charge in [0.2, 0.25) is 5.95 Å². The number of rotatable bonds is 1. The Hall–Kier alpha value is -1.16. The first-order valence-corrected chi connectivity index (χ1v) is 6.50. The smallest absolute Gasteiger partial charge is 0.225 e. The summed E-state index contributed by atoms with van der Waals surface area (Å²) >= 11 is 0. The lowest BCUT2D eigenvalue weighted by atomic mass is 10.00. The van der Waals surface area contributed by atoms with E-state index < -0.39 is 0 Å². The minimum Gasteiger partial charge on any atom is -0.376 e. The van der Waals surface area contributed by atoms with Crippen molar-refractivity contribution in [2.45, 2.75) is 32.8 Å². The Morgan fingerprint density at radius 3 is 3.00 bits per heavy atom. The van der Waals surface area contributed by atoms with E-state index in [1.54, 1.807) is 0 Å². The van der Waals surface area contributed by atoms with Gasteiger partial charge in [0, 0.05) is 31.3 Å². The van der Waals surface area contributed by atoms with Crippen molar-refractivity contribution in [1.82, 2.24) is 9.97 Å². The van der Waals surface area contributed by atoms with Gasteiger partial charge in [0.25, 0.3) is 0 Å². The van der Waals surface area contributed by atoms with E-state index in [0.29, 0.717) is 6.61 Å². The zero-order valence-electron chi connectivity index (χ0n) is 10.4. The molecule has 0 spiro atoms. The van der Waals surface area contributed by atoms with Crippen LogP contribution < -0.4 is 4.90 Å². The van der Waals surface area contributed by atoms with Gasteiger partial charge in [-0.05, 0) is 18.8 Å². The molecular weight excluding hydrogens is 214 g/mol. The third-order valence-corrected chi connectivity index (χ3v) is 3.75. The second kappa shape index (κ2) is 4.61. The maximum atomic E-state index is 5.40. The van der Waals surface area contributed by atoms with Crippen LogP contribution >= 0.6 is 0 Å². The number of fused-ring (bicyclic) bond motifs is 1. The van der Waals surface area contributed by atoms with Crippen LogP contribution in [0.3, 0.4) is 0 Å². The Bertz CT molecular complexity index is 400. The van der Waals surface area contributed by atoms with Crippen LogP contribution in [-0.4, -0.2) is 29.7 Å². The lowest BCUT2D eigenvalue weighted by Gasteiger charge is -2.30. The molecule has 0 radical (unpaired) electrons. The summed E-state index contributed by atoms with van der Waals surface area (Å²) in [7, 11) is 0. The van der Waals surface area contributed by atoms with E-state index >= 15 is 0 Å². The van der Waals surface area contributed by atoms with Crippen molar-refractivity contribution < 1.29 is 4.74 Å². The summed E-state index contributed by atoms with van der Waals surface area (Å²) in [4.78, 5) is 11.5. The van der Waals surface area contributed by atoms with Crippen LogP contribution in [0.1, 0.15) is 31.0 Å². The molecule has 2 aliphatic rings. The van der Waals surface area contributed by atoms with Gasteiger partial charge < -0.3 is 9.64 Å². The molecule has 1 aromatic rings. The molecule has 1 saturated heterocycles. The SMILES string of the molecule is CC1CCN(c2ncc3c(n2)CCOC3)CC1. The molecule has 0 aromatic carbocycles. The second-order valence-electron chi connectivity index (χ2n) is 5.11. The molecule has 4 heteroatoms. The van der Waals surface area contributed by atoms with E-state index in [4.69, 9.17) is 9.72 Å². The molecule has 2 aliphatic heterocycles. The zero-order valence-corrected chi connectivity index (χ0v) is 10.4. The van der Waals surface area contributed by atoms with Crippen molar-refractivity contribution in [3.8, 4) is 0 Å². The largest absolute Gasteiger partial charge is 0.376 e. The monoisotopic (exact) mass is 233 g/mol. The first-order chi connectivity index (χ1) is 8.33. The zero-order chi connectivity index (χ0) is 11.7. The highest BCUT2D eigenvalue weighted by molar-refractivity contribution is 5.34. The second-order valence-corrected chi connectivity index (χ2v) is 5.11.